The molecule has 2 rings (SSSR count). The minimum absolute atomic E-state index is 0.119. The fraction of sp³-hybridized carbons (Fsp3) is 0.462. The minimum Gasteiger partial charge on any atom is -0.419 e. The molecule has 0 aliphatic heterocycles. The van der Waals surface area contributed by atoms with Crippen molar-refractivity contribution in [3.8, 4) is 11.5 Å². The number of nitrogens with zero attached hydrogens (tertiary/aromatic N) is 3. The fourth-order valence-corrected chi connectivity index (χ4v) is 1.82. The lowest BCUT2D eigenvalue weighted by atomic mass is 10.2. The molecule has 1 atom stereocenters. The van der Waals surface area contributed by atoms with E-state index in [0.29, 0.717) is 11.8 Å². The van der Waals surface area contributed by atoms with Gasteiger partial charge in [0.15, 0.2) is 0 Å². The van der Waals surface area contributed by atoms with Crippen molar-refractivity contribution in [2.24, 2.45) is 0 Å². The molecule has 0 saturated carbocycles. The average Bonchev–Trinajstić information content (AvgIpc) is 2.85. The summed E-state index contributed by atoms with van der Waals surface area (Å²) in [6, 6.07) is 2.10. The molecule has 2 aromatic rings. The molecule has 96 valence electrons. The standard InChI is InChI=1S/C13H18N4O/c1-4-11(15-5-2)13-17-16-12(18-13)10-6-9(3)7-14-8-10/h6-8,11,15H,4-5H2,1-3H3. The van der Waals surface area contributed by atoms with Gasteiger partial charge in [0.2, 0.25) is 11.8 Å². The summed E-state index contributed by atoms with van der Waals surface area (Å²) >= 11 is 0. The molecule has 0 bridgehead atoms. The number of rotatable bonds is 5. The summed E-state index contributed by atoms with van der Waals surface area (Å²) < 4.78 is 5.71. The summed E-state index contributed by atoms with van der Waals surface area (Å²) in [5, 5.41) is 11.5. The van der Waals surface area contributed by atoms with E-state index in [1.54, 1.807) is 12.4 Å². The van der Waals surface area contributed by atoms with Crippen LogP contribution in [0.5, 0.6) is 0 Å². The van der Waals surface area contributed by atoms with Crippen molar-refractivity contribution < 1.29 is 4.42 Å². The smallest absolute Gasteiger partial charge is 0.249 e. The molecule has 0 aliphatic carbocycles. The Morgan fingerprint density at radius 3 is 2.78 bits per heavy atom. The van der Waals surface area contributed by atoms with Crippen LogP contribution in [-0.2, 0) is 0 Å². The highest BCUT2D eigenvalue weighted by Gasteiger charge is 2.16. The number of hydrogen-bond acceptors (Lipinski definition) is 5. The van der Waals surface area contributed by atoms with Crippen LogP contribution < -0.4 is 5.32 Å². The van der Waals surface area contributed by atoms with Gasteiger partial charge in [-0.1, -0.05) is 13.8 Å². The van der Waals surface area contributed by atoms with E-state index < -0.39 is 0 Å². The van der Waals surface area contributed by atoms with Gasteiger partial charge in [0.05, 0.1) is 11.6 Å². The predicted octanol–water partition coefficient (Wildman–Crippen LogP) is 2.50. The third kappa shape index (κ3) is 2.73. The normalized spacial score (nSPS) is 12.6. The average molecular weight is 246 g/mol. The molecule has 0 amide bonds. The lowest BCUT2D eigenvalue weighted by molar-refractivity contribution is 0.402. The zero-order valence-corrected chi connectivity index (χ0v) is 11.0. The molecular formula is C13H18N4O. The predicted molar refractivity (Wildman–Crippen MR) is 69.0 cm³/mol. The second kappa shape index (κ2) is 5.73. The van der Waals surface area contributed by atoms with E-state index in [-0.39, 0.29) is 6.04 Å². The molecule has 5 nitrogen and oxygen atoms in total. The Morgan fingerprint density at radius 2 is 2.11 bits per heavy atom. The van der Waals surface area contributed by atoms with E-state index in [1.165, 1.54) is 0 Å². The van der Waals surface area contributed by atoms with Crippen LogP contribution >= 0.6 is 0 Å². The maximum atomic E-state index is 5.71. The monoisotopic (exact) mass is 246 g/mol. The summed E-state index contributed by atoms with van der Waals surface area (Å²) in [6.45, 7) is 7.01. The van der Waals surface area contributed by atoms with Gasteiger partial charge in [-0.15, -0.1) is 10.2 Å². The van der Waals surface area contributed by atoms with Crippen LogP contribution in [0.1, 0.15) is 37.8 Å². The molecule has 1 unspecified atom stereocenters. The van der Waals surface area contributed by atoms with Crippen LogP contribution in [0.15, 0.2) is 22.9 Å². The highest BCUT2D eigenvalue weighted by Crippen LogP contribution is 2.21. The van der Waals surface area contributed by atoms with E-state index in [2.05, 4.69) is 34.3 Å². The second-order valence-corrected chi connectivity index (χ2v) is 4.21. The van der Waals surface area contributed by atoms with Crippen LogP contribution in [0.3, 0.4) is 0 Å². The van der Waals surface area contributed by atoms with Gasteiger partial charge in [-0.3, -0.25) is 4.98 Å². The highest BCUT2D eigenvalue weighted by atomic mass is 16.4. The summed E-state index contributed by atoms with van der Waals surface area (Å²) in [4.78, 5) is 4.13. The molecule has 2 aromatic heterocycles. The molecule has 0 fully saturated rings. The first-order chi connectivity index (χ1) is 8.74. The zero-order valence-electron chi connectivity index (χ0n) is 11.0. The lowest BCUT2D eigenvalue weighted by Crippen LogP contribution is -2.20. The topological polar surface area (TPSA) is 63.8 Å². The van der Waals surface area contributed by atoms with Crippen molar-refractivity contribution in [2.45, 2.75) is 33.2 Å². The van der Waals surface area contributed by atoms with E-state index in [0.717, 1.165) is 24.1 Å². The summed E-state index contributed by atoms with van der Waals surface area (Å²) in [5.41, 5.74) is 1.94. The first-order valence-corrected chi connectivity index (χ1v) is 6.23. The van der Waals surface area contributed by atoms with Crippen molar-refractivity contribution in [1.29, 1.82) is 0 Å². The Kier molecular flexibility index (Phi) is 4.04. The molecule has 18 heavy (non-hydrogen) atoms. The lowest BCUT2D eigenvalue weighted by Gasteiger charge is -2.09. The number of aromatic nitrogens is 3. The Morgan fingerprint density at radius 1 is 1.28 bits per heavy atom. The minimum atomic E-state index is 0.119. The Hall–Kier alpha value is -1.75. The van der Waals surface area contributed by atoms with Crippen LogP contribution in [0, 0.1) is 6.92 Å². The largest absolute Gasteiger partial charge is 0.419 e. The van der Waals surface area contributed by atoms with Crippen molar-refractivity contribution in [3.63, 3.8) is 0 Å². The van der Waals surface area contributed by atoms with Gasteiger partial charge in [-0.25, -0.2) is 0 Å². The van der Waals surface area contributed by atoms with Crippen molar-refractivity contribution in [2.75, 3.05) is 6.54 Å². The zero-order chi connectivity index (χ0) is 13.0. The Bertz CT molecular complexity index is 509. The first kappa shape index (κ1) is 12.7. The Labute approximate surface area is 107 Å². The molecule has 0 radical (unpaired) electrons. The van der Waals surface area contributed by atoms with Crippen LogP contribution in [0.4, 0.5) is 0 Å². The summed E-state index contributed by atoms with van der Waals surface area (Å²) in [5.74, 6) is 1.16. The molecule has 2 heterocycles. The van der Waals surface area contributed by atoms with Crippen molar-refractivity contribution in [3.05, 3.63) is 29.9 Å². The second-order valence-electron chi connectivity index (χ2n) is 4.21. The molecule has 0 aromatic carbocycles. The van der Waals surface area contributed by atoms with E-state index in [1.807, 2.05) is 13.0 Å². The van der Waals surface area contributed by atoms with Gasteiger partial charge in [0.25, 0.3) is 0 Å². The van der Waals surface area contributed by atoms with Crippen molar-refractivity contribution >= 4 is 0 Å². The van der Waals surface area contributed by atoms with Gasteiger partial charge in [-0.2, -0.15) is 0 Å². The van der Waals surface area contributed by atoms with Gasteiger partial charge in [0, 0.05) is 12.4 Å². The highest BCUT2D eigenvalue weighted by molar-refractivity contribution is 5.51. The maximum Gasteiger partial charge on any atom is 0.249 e. The van der Waals surface area contributed by atoms with Crippen LogP contribution in [0.25, 0.3) is 11.5 Å². The molecule has 5 heteroatoms. The van der Waals surface area contributed by atoms with Gasteiger partial charge < -0.3 is 9.73 Å². The molecule has 0 saturated heterocycles. The maximum absolute atomic E-state index is 5.71. The van der Waals surface area contributed by atoms with Crippen molar-refractivity contribution in [1.82, 2.24) is 20.5 Å². The summed E-state index contributed by atoms with van der Waals surface area (Å²) in [7, 11) is 0. The summed E-state index contributed by atoms with van der Waals surface area (Å²) in [6.07, 6.45) is 4.45. The fourth-order valence-electron chi connectivity index (χ4n) is 1.82. The molecule has 0 aliphatic rings. The van der Waals surface area contributed by atoms with E-state index in [4.69, 9.17) is 4.42 Å². The number of nitrogens with one attached hydrogen (secondary N) is 1. The number of pyridine rings is 1. The van der Waals surface area contributed by atoms with E-state index >= 15 is 0 Å². The van der Waals surface area contributed by atoms with Gasteiger partial charge >= 0.3 is 0 Å². The quantitative estimate of drug-likeness (QED) is 0.878. The third-order valence-corrected chi connectivity index (χ3v) is 2.72. The van der Waals surface area contributed by atoms with Gasteiger partial charge in [0.1, 0.15) is 0 Å². The Balaban J connectivity index is 2.24. The molecular weight excluding hydrogens is 228 g/mol. The SMILES string of the molecule is CCNC(CC)c1nnc(-c2cncc(C)c2)o1. The number of hydrogen-bond donors (Lipinski definition) is 1. The number of aryl methyl sites for hydroxylation is 1. The van der Waals surface area contributed by atoms with Crippen LogP contribution in [0.2, 0.25) is 0 Å². The van der Waals surface area contributed by atoms with E-state index in [9.17, 15) is 0 Å². The molecule has 0 spiro atoms. The first-order valence-electron chi connectivity index (χ1n) is 6.23. The molecule has 1 N–H and O–H groups in total. The van der Waals surface area contributed by atoms with Crippen LogP contribution in [-0.4, -0.2) is 21.7 Å². The third-order valence-electron chi connectivity index (χ3n) is 2.72. The van der Waals surface area contributed by atoms with Gasteiger partial charge in [-0.05, 0) is 31.5 Å².